The standard InChI is InChI=1S/C23H29N7O2/c1-14-19(21(24)29-28-14)15-8-10-17(11-9-15)26-23(32)20(16-6-4-3-5-7-16)27-22(31)18-12-13-25-30(18)2/h8-13,16,20H,3-7H2,1-2H3,(H,26,32)(H,27,31)(H3,24,28,29)/t20-/m0/s1. The van der Waals surface area contributed by atoms with Gasteiger partial charge in [-0.15, -0.1) is 0 Å². The third kappa shape index (κ3) is 4.51. The van der Waals surface area contributed by atoms with Crippen LogP contribution in [0.1, 0.15) is 48.3 Å². The summed E-state index contributed by atoms with van der Waals surface area (Å²) in [6.07, 6.45) is 6.70. The number of anilines is 2. The first-order chi connectivity index (χ1) is 15.4. The van der Waals surface area contributed by atoms with Crippen LogP contribution in [0.4, 0.5) is 11.5 Å². The van der Waals surface area contributed by atoms with Gasteiger partial charge in [-0.1, -0.05) is 31.4 Å². The Labute approximate surface area is 186 Å². The number of hydrogen-bond donors (Lipinski definition) is 4. The van der Waals surface area contributed by atoms with E-state index in [9.17, 15) is 9.59 Å². The van der Waals surface area contributed by atoms with Crippen molar-refractivity contribution in [3.05, 3.63) is 47.9 Å². The highest BCUT2D eigenvalue weighted by atomic mass is 16.2. The maximum absolute atomic E-state index is 13.2. The Morgan fingerprint density at radius 1 is 1.16 bits per heavy atom. The molecule has 0 bridgehead atoms. The summed E-state index contributed by atoms with van der Waals surface area (Å²) >= 11 is 0. The highest BCUT2D eigenvalue weighted by Gasteiger charge is 2.31. The lowest BCUT2D eigenvalue weighted by molar-refractivity contribution is -0.119. The van der Waals surface area contributed by atoms with Crippen LogP contribution in [0, 0.1) is 12.8 Å². The molecule has 1 fully saturated rings. The molecule has 2 aromatic heterocycles. The number of nitrogen functional groups attached to an aromatic ring is 1. The minimum absolute atomic E-state index is 0.105. The fourth-order valence-electron chi connectivity index (χ4n) is 4.43. The predicted octanol–water partition coefficient (Wildman–Crippen LogP) is 3.02. The molecule has 1 atom stereocenters. The van der Waals surface area contributed by atoms with Gasteiger partial charge in [0.15, 0.2) is 5.82 Å². The highest BCUT2D eigenvalue weighted by Crippen LogP contribution is 2.30. The summed E-state index contributed by atoms with van der Waals surface area (Å²) in [7, 11) is 1.71. The second kappa shape index (κ2) is 9.25. The molecule has 1 aromatic carbocycles. The molecule has 168 valence electrons. The molecule has 9 heteroatoms. The van der Waals surface area contributed by atoms with Gasteiger partial charge in [0.25, 0.3) is 5.91 Å². The number of nitrogens with two attached hydrogens (primary N) is 1. The van der Waals surface area contributed by atoms with Gasteiger partial charge in [-0.2, -0.15) is 10.2 Å². The molecular weight excluding hydrogens is 406 g/mol. The van der Waals surface area contributed by atoms with Crippen molar-refractivity contribution in [3.8, 4) is 11.1 Å². The fraction of sp³-hybridized carbons (Fsp3) is 0.391. The van der Waals surface area contributed by atoms with E-state index in [1.165, 1.54) is 11.1 Å². The molecule has 1 saturated carbocycles. The molecule has 0 aliphatic heterocycles. The van der Waals surface area contributed by atoms with Gasteiger partial charge >= 0.3 is 0 Å². The van der Waals surface area contributed by atoms with Gasteiger partial charge < -0.3 is 16.4 Å². The van der Waals surface area contributed by atoms with E-state index >= 15 is 0 Å². The van der Waals surface area contributed by atoms with Crippen LogP contribution in [0.2, 0.25) is 0 Å². The molecule has 32 heavy (non-hydrogen) atoms. The third-order valence-electron chi connectivity index (χ3n) is 6.16. The quantitative estimate of drug-likeness (QED) is 0.473. The van der Waals surface area contributed by atoms with Crippen molar-refractivity contribution in [2.24, 2.45) is 13.0 Å². The summed E-state index contributed by atoms with van der Waals surface area (Å²) in [6.45, 7) is 1.91. The second-order valence-corrected chi connectivity index (χ2v) is 8.36. The number of H-pyrrole nitrogens is 1. The summed E-state index contributed by atoms with van der Waals surface area (Å²) in [5.41, 5.74) is 9.69. The normalized spacial score (nSPS) is 15.3. The van der Waals surface area contributed by atoms with Crippen LogP contribution < -0.4 is 16.4 Å². The Morgan fingerprint density at radius 2 is 1.88 bits per heavy atom. The zero-order valence-electron chi connectivity index (χ0n) is 18.4. The zero-order valence-corrected chi connectivity index (χ0v) is 18.4. The molecule has 2 heterocycles. The maximum atomic E-state index is 13.2. The van der Waals surface area contributed by atoms with E-state index < -0.39 is 6.04 Å². The van der Waals surface area contributed by atoms with Crippen molar-refractivity contribution in [2.45, 2.75) is 45.1 Å². The first kappa shape index (κ1) is 21.6. The van der Waals surface area contributed by atoms with Crippen molar-refractivity contribution >= 4 is 23.3 Å². The lowest BCUT2D eigenvalue weighted by Gasteiger charge is -2.30. The minimum atomic E-state index is -0.607. The van der Waals surface area contributed by atoms with E-state index in [0.29, 0.717) is 17.2 Å². The Balaban J connectivity index is 1.50. The largest absolute Gasteiger partial charge is 0.382 e. The van der Waals surface area contributed by atoms with E-state index in [0.717, 1.165) is 42.5 Å². The topological polar surface area (TPSA) is 131 Å². The molecule has 5 N–H and O–H groups in total. The van der Waals surface area contributed by atoms with Crippen LogP contribution in [-0.4, -0.2) is 37.8 Å². The molecule has 2 amide bonds. The third-order valence-corrected chi connectivity index (χ3v) is 6.16. The number of nitrogens with zero attached hydrogens (tertiary/aromatic N) is 3. The summed E-state index contributed by atoms with van der Waals surface area (Å²) in [5.74, 6) is 0.0410. The number of benzene rings is 1. The van der Waals surface area contributed by atoms with Crippen LogP contribution in [-0.2, 0) is 11.8 Å². The van der Waals surface area contributed by atoms with Crippen molar-refractivity contribution in [3.63, 3.8) is 0 Å². The number of amides is 2. The van der Waals surface area contributed by atoms with Crippen molar-refractivity contribution < 1.29 is 9.59 Å². The minimum Gasteiger partial charge on any atom is -0.382 e. The van der Waals surface area contributed by atoms with Gasteiger partial charge in [0.05, 0.1) is 0 Å². The van der Waals surface area contributed by atoms with Crippen LogP contribution in [0.3, 0.4) is 0 Å². The number of carbonyl (C=O) groups excluding carboxylic acids is 2. The first-order valence-electron chi connectivity index (χ1n) is 10.9. The monoisotopic (exact) mass is 435 g/mol. The molecule has 0 saturated heterocycles. The highest BCUT2D eigenvalue weighted by molar-refractivity contribution is 6.00. The predicted molar refractivity (Wildman–Crippen MR) is 123 cm³/mol. The van der Waals surface area contributed by atoms with Crippen LogP contribution >= 0.6 is 0 Å². The molecule has 1 aliphatic carbocycles. The second-order valence-electron chi connectivity index (χ2n) is 8.36. The molecular formula is C23H29N7O2. The molecule has 0 spiro atoms. The Kier molecular flexibility index (Phi) is 6.25. The SMILES string of the molecule is Cc1[nH]nc(N)c1-c1ccc(NC(=O)[C@@H](NC(=O)c2ccnn2C)C2CCCCC2)cc1. The molecule has 0 radical (unpaired) electrons. The van der Waals surface area contributed by atoms with Gasteiger partial charge in [-0.05, 0) is 49.4 Å². The average molecular weight is 436 g/mol. The lowest BCUT2D eigenvalue weighted by atomic mass is 9.83. The smallest absolute Gasteiger partial charge is 0.270 e. The number of carbonyl (C=O) groups is 2. The number of rotatable bonds is 6. The lowest BCUT2D eigenvalue weighted by Crippen LogP contribution is -2.49. The van der Waals surface area contributed by atoms with Gasteiger partial charge in [0.1, 0.15) is 11.7 Å². The summed E-state index contributed by atoms with van der Waals surface area (Å²) < 4.78 is 1.51. The van der Waals surface area contributed by atoms with E-state index in [2.05, 4.69) is 25.9 Å². The average Bonchev–Trinajstić information content (AvgIpc) is 3.37. The van der Waals surface area contributed by atoms with E-state index in [-0.39, 0.29) is 17.7 Å². The van der Waals surface area contributed by atoms with Crippen LogP contribution in [0.5, 0.6) is 0 Å². The Morgan fingerprint density at radius 3 is 2.47 bits per heavy atom. The van der Waals surface area contributed by atoms with Crippen molar-refractivity contribution in [1.29, 1.82) is 0 Å². The molecule has 0 unspecified atom stereocenters. The van der Waals surface area contributed by atoms with E-state index in [1.54, 1.807) is 19.3 Å². The maximum Gasteiger partial charge on any atom is 0.270 e. The molecule has 3 aromatic rings. The van der Waals surface area contributed by atoms with Crippen LogP contribution in [0.25, 0.3) is 11.1 Å². The molecule has 1 aliphatic rings. The number of aromatic amines is 1. The van der Waals surface area contributed by atoms with E-state index in [4.69, 9.17) is 5.73 Å². The van der Waals surface area contributed by atoms with Crippen molar-refractivity contribution in [1.82, 2.24) is 25.3 Å². The molecule has 4 rings (SSSR count). The summed E-state index contributed by atoms with van der Waals surface area (Å²) in [5, 5.41) is 16.9. The number of hydrogen-bond acceptors (Lipinski definition) is 5. The molecule has 9 nitrogen and oxygen atoms in total. The van der Waals surface area contributed by atoms with Gasteiger partial charge in [-0.3, -0.25) is 19.4 Å². The van der Waals surface area contributed by atoms with E-state index in [1.807, 2.05) is 31.2 Å². The summed E-state index contributed by atoms with van der Waals surface area (Å²) in [4.78, 5) is 26.0. The number of aromatic nitrogens is 4. The summed E-state index contributed by atoms with van der Waals surface area (Å²) in [6, 6.07) is 8.50. The number of nitrogens with one attached hydrogen (secondary N) is 3. The first-order valence-corrected chi connectivity index (χ1v) is 10.9. The van der Waals surface area contributed by atoms with Gasteiger partial charge in [0.2, 0.25) is 5.91 Å². The Bertz CT molecular complexity index is 1070. The number of aryl methyl sites for hydroxylation is 2. The van der Waals surface area contributed by atoms with Crippen LogP contribution in [0.15, 0.2) is 36.5 Å². The Hall–Kier alpha value is -3.62. The fourth-order valence-corrected chi connectivity index (χ4v) is 4.43. The van der Waals surface area contributed by atoms with Crippen molar-refractivity contribution in [2.75, 3.05) is 11.1 Å². The zero-order chi connectivity index (χ0) is 22.7. The van der Waals surface area contributed by atoms with Gasteiger partial charge in [0, 0.05) is 30.2 Å². The van der Waals surface area contributed by atoms with Gasteiger partial charge in [-0.25, -0.2) is 0 Å².